The largest absolute Gasteiger partial charge is 0.357 e. The summed E-state index contributed by atoms with van der Waals surface area (Å²) in [5.74, 6) is 1.57. The number of halogens is 1. The number of guanidine groups is 1. The number of anilines is 1. The summed E-state index contributed by atoms with van der Waals surface area (Å²) in [5, 5.41) is 9.43. The lowest BCUT2D eigenvalue weighted by Crippen LogP contribution is -2.38. The normalized spacial score (nSPS) is 11.0. The van der Waals surface area contributed by atoms with E-state index < -0.39 is 0 Å². The van der Waals surface area contributed by atoms with Crippen LogP contribution in [0, 0.1) is 5.92 Å². The van der Waals surface area contributed by atoms with E-state index in [0.29, 0.717) is 0 Å². The average Bonchev–Trinajstić information content (AvgIpc) is 2.52. The average molecular weight is 460 g/mol. The van der Waals surface area contributed by atoms with Crippen molar-refractivity contribution in [2.24, 2.45) is 10.9 Å². The third-order valence-electron chi connectivity index (χ3n) is 3.53. The Morgan fingerprint density at radius 1 is 1.16 bits per heavy atom. The molecule has 0 aliphatic rings. The van der Waals surface area contributed by atoms with E-state index in [1.165, 1.54) is 18.9 Å². The van der Waals surface area contributed by atoms with Gasteiger partial charge < -0.3 is 16.0 Å². The number of nitrogens with zero attached hydrogens (tertiary/aromatic N) is 1. The third-order valence-corrected chi connectivity index (χ3v) is 3.53. The second-order valence-corrected chi connectivity index (χ2v) is 6.35. The number of aliphatic imine (C=N–C) groups is 1. The second-order valence-electron chi connectivity index (χ2n) is 6.35. The molecule has 0 radical (unpaired) electrons. The number of rotatable bonds is 9. The number of hydrogen-bond donors (Lipinski definition) is 3. The van der Waals surface area contributed by atoms with Crippen LogP contribution in [0.4, 0.5) is 5.69 Å². The summed E-state index contributed by atoms with van der Waals surface area (Å²) in [4.78, 5) is 15.6. The van der Waals surface area contributed by atoms with Crippen molar-refractivity contribution in [3.05, 3.63) is 29.8 Å². The molecule has 3 N–H and O–H groups in total. The van der Waals surface area contributed by atoms with Crippen molar-refractivity contribution < 1.29 is 4.79 Å². The Bertz CT molecular complexity index is 515. The SMILES string of the molecule is CCNC(=NCCCC(C)C)NCCc1ccc(NC(C)=O)cc1.I. The Kier molecular flexibility index (Phi) is 13.2. The fourth-order valence-corrected chi connectivity index (χ4v) is 2.32. The number of benzene rings is 1. The van der Waals surface area contributed by atoms with Crippen LogP contribution in [0.5, 0.6) is 0 Å². The molecule has 1 aromatic rings. The van der Waals surface area contributed by atoms with E-state index in [4.69, 9.17) is 0 Å². The second kappa shape index (κ2) is 13.9. The minimum atomic E-state index is -0.0478. The van der Waals surface area contributed by atoms with Crippen LogP contribution in [-0.2, 0) is 11.2 Å². The van der Waals surface area contributed by atoms with E-state index in [-0.39, 0.29) is 29.9 Å². The number of carbonyl (C=O) groups excluding carboxylic acids is 1. The lowest BCUT2D eigenvalue weighted by molar-refractivity contribution is -0.114. The van der Waals surface area contributed by atoms with Gasteiger partial charge in [-0.2, -0.15) is 0 Å². The Labute approximate surface area is 169 Å². The Morgan fingerprint density at radius 3 is 2.40 bits per heavy atom. The molecule has 25 heavy (non-hydrogen) atoms. The summed E-state index contributed by atoms with van der Waals surface area (Å²) in [7, 11) is 0. The van der Waals surface area contributed by atoms with Crippen molar-refractivity contribution in [2.45, 2.75) is 47.0 Å². The van der Waals surface area contributed by atoms with Gasteiger partial charge in [-0.05, 0) is 49.8 Å². The zero-order valence-electron chi connectivity index (χ0n) is 15.9. The van der Waals surface area contributed by atoms with Crippen molar-refractivity contribution in [3.8, 4) is 0 Å². The molecule has 142 valence electrons. The van der Waals surface area contributed by atoms with Gasteiger partial charge in [0, 0.05) is 32.2 Å². The lowest BCUT2D eigenvalue weighted by Gasteiger charge is -2.12. The van der Waals surface area contributed by atoms with E-state index in [1.807, 2.05) is 24.3 Å². The van der Waals surface area contributed by atoms with Gasteiger partial charge in [0.15, 0.2) is 5.96 Å². The first-order valence-corrected chi connectivity index (χ1v) is 8.90. The van der Waals surface area contributed by atoms with Crippen LogP contribution >= 0.6 is 24.0 Å². The minimum Gasteiger partial charge on any atom is -0.357 e. The van der Waals surface area contributed by atoms with Gasteiger partial charge >= 0.3 is 0 Å². The molecule has 0 aliphatic heterocycles. The molecule has 1 aromatic carbocycles. The molecule has 0 saturated carbocycles. The highest BCUT2D eigenvalue weighted by atomic mass is 127. The fraction of sp³-hybridized carbons (Fsp3) is 0.579. The number of amides is 1. The minimum absolute atomic E-state index is 0. The molecule has 5 nitrogen and oxygen atoms in total. The maximum Gasteiger partial charge on any atom is 0.221 e. The first kappa shape index (κ1) is 23.7. The summed E-state index contributed by atoms with van der Waals surface area (Å²) < 4.78 is 0. The van der Waals surface area contributed by atoms with Gasteiger partial charge in [-0.25, -0.2) is 0 Å². The molecule has 1 amide bonds. The van der Waals surface area contributed by atoms with E-state index >= 15 is 0 Å². The van der Waals surface area contributed by atoms with Crippen molar-refractivity contribution in [1.29, 1.82) is 0 Å². The fourth-order valence-electron chi connectivity index (χ4n) is 2.32. The molecule has 0 unspecified atom stereocenters. The highest BCUT2D eigenvalue weighted by Gasteiger charge is 2.00. The van der Waals surface area contributed by atoms with Gasteiger partial charge in [-0.3, -0.25) is 9.79 Å². The highest BCUT2D eigenvalue weighted by Crippen LogP contribution is 2.09. The van der Waals surface area contributed by atoms with E-state index in [0.717, 1.165) is 50.0 Å². The summed E-state index contributed by atoms with van der Waals surface area (Å²) in [6.07, 6.45) is 3.25. The van der Waals surface area contributed by atoms with Crippen molar-refractivity contribution in [1.82, 2.24) is 10.6 Å². The molecule has 0 fully saturated rings. The molecule has 6 heteroatoms. The molecule has 0 bridgehead atoms. The standard InChI is InChI=1S/C19H32N4O.HI/c1-5-20-19(21-13-6-7-15(2)3)22-14-12-17-8-10-18(11-9-17)23-16(4)24;/h8-11,15H,5-7,12-14H2,1-4H3,(H,23,24)(H2,20,21,22);1H. The van der Waals surface area contributed by atoms with Crippen LogP contribution in [0.1, 0.15) is 46.1 Å². The van der Waals surface area contributed by atoms with E-state index in [2.05, 4.69) is 41.7 Å². The topological polar surface area (TPSA) is 65.5 Å². The first-order chi connectivity index (χ1) is 11.5. The Balaban J connectivity index is 0.00000576. The molecule has 0 atom stereocenters. The molecule has 0 heterocycles. The van der Waals surface area contributed by atoms with Crippen molar-refractivity contribution >= 4 is 41.5 Å². The van der Waals surface area contributed by atoms with Gasteiger partial charge in [0.25, 0.3) is 0 Å². The summed E-state index contributed by atoms with van der Waals surface area (Å²) in [6.45, 7) is 10.6. The van der Waals surface area contributed by atoms with Crippen LogP contribution in [-0.4, -0.2) is 31.5 Å². The summed E-state index contributed by atoms with van der Waals surface area (Å²) >= 11 is 0. The predicted octanol–water partition coefficient (Wildman–Crippen LogP) is 3.80. The first-order valence-electron chi connectivity index (χ1n) is 8.90. The van der Waals surface area contributed by atoms with Gasteiger partial charge in [-0.15, -0.1) is 24.0 Å². The maximum atomic E-state index is 11.0. The molecule has 0 aromatic heterocycles. The van der Waals surface area contributed by atoms with Crippen molar-refractivity contribution in [3.63, 3.8) is 0 Å². The predicted molar refractivity (Wildman–Crippen MR) is 118 cm³/mol. The maximum absolute atomic E-state index is 11.0. The monoisotopic (exact) mass is 460 g/mol. The van der Waals surface area contributed by atoms with Crippen LogP contribution in [0.3, 0.4) is 0 Å². The molecule has 0 spiro atoms. The molecule has 0 saturated heterocycles. The smallest absolute Gasteiger partial charge is 0.221 e. The summed E-state index contributed by atoms with van der Waals surface area (Å²) in [5.41, 5.74) is 2.06. The van der Waals surface area contributed by atoms with Crippen LogP contribution in [0.15, 0.2) is 29.3 Å². The molecule has 1 rings (SSSR count). The van der Waals surface area contributed by atoms with E-state index in [1.54, 1.807) is 0 Å². The van der Waals surface area contributed by atoms with Gasteiger partial charge in [0.1, 0.15) is 0 Å². The van der Waals surface area contributed by atoms with Crippen LogP contribution < -0.4 is 16.0 Å². The van der Waals surface area contributed by atoms with Gasteiger partial charge in [0.05, 0.1) is 0 Å². The van der Waals surface area contributed by atoms with Crippen LogP contribution in [0.2, 0.25) is 0 Å². The van der Waals surface area contributed by atoms with Gasteiger partial charge in [0.2, 0.25) is 5.91 Å². The zero-order chi connectivity index (χ0) is 17.8. The van der Waals surface area contributed by atoms with Gasteiger partial charge in [-0.1, -0.05) is 26.0 Å². The zero-order valence-corrected chi connectivity index (χ0v) is 18.2. The Morgan fingerprint density at radius 2 is 1.84 bits per heavy atom. The number of hydrogen-bond acceptors (Lipinski definition) is 2. The molecular weight excluding hydrogens is 427 g/mol. The third kappa shape index (κ3) is 11.8. The van der Waals surface area contributed by atoms with Crippen molar-refractivity contribution in [2.75, 3.05) is 25.0 Å². The quantitative estimate of drug-likeness (QED) is 0.227. The molecular formula is C19H33IN4O. The van der Waals surface area contributed by atoms with E-state index in [9.17, 15) is 4.79 Å². The highest BCUT2D eigenvalue weighted by molar-refractivity contribution is 14.0. The number of carbonyl (C=O) groups is 1. The summed E-state index contributed by atoms with van der Waals surface area (Å²) in [6, 6.07) is 7.95. The Hall–Kier alpha value is -1.31. The lowest BCUT2D eigenvalue weighted by atomic mass is 10.1. The molecule has 0 aliphatic carbocycles. The number of nitrogens with one attached hydrogen (secondary N) is 3. The van der Waals surface area contributed by atoms with Crippen LogP contribution in [0.25, 0.3) is 0 Å².